The zero-order chi connectivity index (χ0) is 30.0. The van der Waals surface area contributed by atoms with E-state index in [1.807, 2.05) is 0 Å². The zero-order valence-corrected chi connectivity index (χ0v) is 23.9. The average molecular weight is 613 g/mol. The van der Waals surface area contributed by atoms with Crippen LogP contribution in [0.1, 0.15) is 50.0 Å². The van der Waals surface area contributed by atoms with Crippen molar-refractivity contribution in [2.75, 3.05) is 5.32 Å². The van der Waals surface area contributed by atoms with Crippen LogP contribution in [0.5, 0.6) is 0 Å². The summed E-state index contributed by atoms with van der Waals surface area (Å²) >= 11 is 7.21. The summed E-state index contributed by atoms with van der Waals surface area (Å²) < 4.78 is 29.8. The fraction of sp³-hybridized carbons (Fsp3) is 0.250. The number of nitrogens with one attached hydrogen (secondary N) is 1. The van der Waals surface area contributed by atoms with Crippen LogP contribution in [-0.4, -0.2) is 30.2 Å². The minimum absolute atomic E-state index is 0.0455. The number of carbonyl (C=O) groups excluding carboxylic acids is 1. The van der Waals surface area contributed by atoms with Gasteiger partial charge in [-0.05, 0) is 37.1 Å². The van der Waals surface area contributed by atoms with E-state index in [0.29, 0.717) is 62.7 Å². The highest BCUT2D eigenvalue weighted by Gasteiger charge is 2.26. The van der Waals surface area contributed by atoms with Crippen LogP contribution in [0.2, 0.25) is 5.02 Å². The van der Waals surface area contributed by atoms with E-state index in [1.165, 1.54) is 29.4 Å². The van der Waals surface area contributed by atoms with Crippen LogP contribution in [0.25, 0.3) is 28.2 Å². The van der Waals surface area contributed by atoms with Crippen molar-refractivity contribution in [3.63, 3.8) is 0 Å². The smallest absolute Gasteiger partial charge is 0.333 e. The predicted octanol–water partition coefficient (Wildman–Crippen LogP) is 5.43. The predicted molar refractivity (Wildman–Crippen MR) is 159 cm³/mol. The Morgan fingerprint density at radius 1 is 1.19 bits per heavy atom. The zero-order valence-electron chi connectivity index (χ0n) is 22.4. The van der Waals surface area contributed by atoms with Crippen molar-refractivity contribution in [3.8, 4) is 22.5 Å². The van der Waals surface area contributed by atoms with Gasteiger partial charge in [-0.15, -0.1) is 0 Å². The van der Waals surface area contributed by atoms with Gasteiger partial charge in [-0.3, -0.25) is 24.3 Å². The molecule has 2 atom stereocenters. The van der Waals surface area contributed by atoms with Gasteiger partial charge in [-0.2, -0.15) is 13.9 Å². The number of nitrogens with zero attached hydrogens (tertiary/aromatic N) is 5. The number of pyridine rings is 1. The molecule has 42 heavy (non-hydrogen) atoms. The highest BCUT2D eigenvalue weighted by molar-refractivity contribution is 8.00. The van der Waals surface area contributed by atoms with E-state index in [2.05, 4.69) is 20.4 Å². The maximum Gasteiger partial charge on any atom is 0.333 e. The third-order valence-electron chi connectivity index (χ3n) is 7.13. The number of fused-ring (bicyclic) bond motifs is 4. The molecular formula is C28H27ClF2N8O2S. The number of rotatable bonds is 5. The number of halogens is 3. The van der Waals surface area contributed by atoms with Crippen LogP contribution >= 0.6 is 23.5 Å². The van der Waals surface area contributed by atoms with Crippen LogP contribution < -0.4 is 21.7 Å². The van der Waals surface area contributed by atoms with Crippen molar-refractivity contribution >= 4 is 40.8 Å². The normalized spacial score (nSPS) is 17.8. The molecule has 1 aromatic carbocycles. The number of carbonyl (C=O) groups is 1. The summed E-state index contributed by atoms with van der Waals surface area (Å²) in [5, 5.41) is 14.1. The van der Waals surface area contributed by atoms with Gasteiger partial charge in [0.15, 0.2) is 0 Å². The number of nitrogens with two attached hydrogens (primary N) is 2. The number of hydrogen-bond donors (Lipinski definition) is 3. The number of anilines is 1. The summed E-state index contributed by atoms with van der Waals surface area (Å²) in [7, 11) is 0. The van der Waals surface area contributed by atoms with Gasteiger partial charge in [-0.1, -0.05) is 43.0 Å². The fourth-order valence-electron chi connectivity index (χ4n) is 5.01. The van der Waals surface area contributed by atoms with E-state index in [0.717, 1.165) is 11.9 Å². The van der Waals surface area contributed by atoms with Crippen molar-refractivity contribution in [2.24, 2.45) is 16.8 Å². The third-order valence-corrected chi connectivity index (χ3v) is 7.76. The first-order valence-electron chi connectivity index (χ1n) is 13.0. The first-order chi connectivity index (χ1) is 20.2. The van der Waals surface area contributed by atoms with Crippen molar-refractivity contribution in [1.29, 1.82) is 0 Å². The Morgan fingerprint density at radius 3 is 2.74 bits per heavy atom. The molecule has 5 N–H and O–H groups in total. The van der Waals surface area contributed by atoms with Gasteiger partial charge in [0.05, 0.1) is 41.3 Å². The second kappa shape index (κ2) is 12.4. The van der Waals surface area contributed by atoms with E-state index in [-0.39, 0.29) is 22.8 Å². The topological polar surface area (TPSA) is 147 Å². The average Bonchev–Trinajstić information content (AvgIpc) is 3.39. The number of aromatic nitrogens is 5. The Kier molecular flexibility index (Phi) is 8.71. The molecule has 218 valence electrons. The summed E-state index contributed by atoms with van der Waals surface area (Å²) in [5.74, 6) is -0.721. The van der Waals surface area contributed by atoms with E-state index in [4.69, 9.17) is 22.5 Å². The lowest BCUT2D eigenvalue weighted by molar-refractivity contribution is -0.119. The Balaban J connectivity index is 1.62. The highest BCUT2D eigenvalue weighted by Crippen LogP contribution is 2.35. The Bertz CT molecular complexity index is 1720. The first-order valence-corrected chi connectivity index (χ1v) is 14.3. The van der Waals surface area contributed by atoms with Gasteiger partial charge in [0.2, 0.25) is 5.91 Å². The molecule has 10 nitrogen and oxygen atoms in total. The molecule has 4 heterocycles. The summed E-state index contributed by atoms with van der Waals surface area (Å²) in [6, 6.07) is 9.07. The Labute approximate surface area is 248 Å². The van der Waals surface area contributed by atoms with Gasteiger partial charge in [0, 0.05) is 51.0 Å². The number of hydrogen-bond acceptors (Lipinski definition) is 8. The van der Waals surface area contributed by atoms with Crippen molar-refractivity contribution in [3.05, 3.63) is 87.2 Å². The molecule has 0 saturated carbocycles. The van der Waals surface area contributed by atoms with Crippen molar-refractivity contribution in [2.45, 2.75) is 38.8 Å². The minimum atomic E-state index is -2.94. The summed E-state index contributed by atoms with van der Waals surface area (Å²) in [6.45, 7) is -1.18. The minimum Gasteiger partial charge on any atom is -0.398 e. The van der Waals surface area contributed by atoms with Gasteiger partial charge in [0.1, 0.15) is 0 Å². The Morgan fingerprint density at radius 2 is 2.00 bits per heavy atom. The summed E-state index contributed by atoms with van der Waals surface area (Å²) in [4.78, 5) is 35.6. The van der Waals surface area contributed by atoms with E-state index >= 15 is 0 Å². The lowest BCUT2D eigenvalue weighted by Gasteiger charge is -2.22. The number of amides is 1. The summed E-state index contributed by atoms with van der Waals surface area (Å²) in [6.07, 6.45) is 5.64. The maximum absolute atomic E-state index is 13.9. The van der Waals surface area contributed by atoms with Crippen LogP contribution in [0.3, 0.4) is 0 Å². The molecule has 1 amide bonds. The molecule has 3 aromatic heterocycles. The largest absolute Gasteiger partial charge is 0.398 e. The quantitative estimate of drug-likeness (QED) is 0.253. The molecule has 0 radical (unpaired) electrons. The molecule has 5 rings (SSSR count). The van der Waals surface area contributed by atoms with Gasteiger partial charge in [-0.25, -0.2) is 9.67 Å². The second-order valence-corrected chi connectivity index (χ2v) is 10.8. The maximum atomic E-state index is 13.9. The first kappa shape index (κ1) is 29.4. The second-order valence-electron chi connectivity index (χ2n) is 9.85. The molecular weight excluding hydrogens is 586 g/mol. The molecule has 1 aliphatic rings. The Hall–Kier alpha value is -4.07. The standard InChI is InChI=1S/C28H27ClF2N8O2S/c1-15-3-2-4-24(22-9-16(7-8-34-22)26-23(37-27(15)41)12-36-39(26)28(30)31)38-14-35-21(11-25(38)40)19-10-17(29)5-6-18(19)20(32)13-42-33/h5-15,24,28H,2-4,32-33H2,1H3,(H,37,41)/b20-13-. The van der Waals surface area contributed by atoms with Crippen molar-refractivity contribution in [1.82, 2.24) is 24.3 Å². The number of benzene rings is 1. The van der Waals surface area contributed by atoms with Crippen LogP contribution in [0, 0.1) is 5.92 Å². The van der Waals surface area contributed by atoms with Crippen molar-refractivity contribution < 1.29 is 13.6 Å². The molecule has 0 aliphatic carbocycles. The lowest BCUT2D eigenvalue weighted by Crippen LogP contribution is -2.27. The lowest BCUT2D eigenvalue weighted by atomic mass is 9.97. The molecule has 0 spiro atoms. The van der Waals surface area contributed by atoms with E-state index < -0.39 is 18.5 Å². The van der Waals surface area contributed by atoms with Crippen LogP contribution in [-0.2, 0) is 4.79 Å². The van der Waals surface area contributed by atoms with Gasteiger partial charge in [0.25, 0.3) is 5.56 Å². The molecule has 2 unspecified atom stereocenters. The monoisotopic (exact) mass is 612 g/mol. The molecule has 0 fully saturated rings. The SMILES string of the molecule is CC1CCCC(n2cnc(-c3cc(Cl)ccc3/C(N)=C/SN)cc2=O)c2cc(ccn2)-c2c(cnn2C(F)F)NC1=O. The van der Waals surface area contributed by atoms with Crippen LogP contribution in [0.15, 0.2) is 65.3 Å². The molecule has 1 aliphatic heterocycles. The molecule has 14 heteroatoms. The highest BCUT2D eigenvalue weighted by atomic mass is 35.5. The molecule has 4 aromatic rings. The van der Waals surface area contributed by atoms with E-state index in [9.17, 15) is 18.4 Å². The molecule has 2 bridgehead atoms. The van der Waals surface area contributed by atoms with Gasteiger partial charge < -0.3 is 11.1 Å². The molecule has 0 saturated heterocycles. The third kappa shape index (κ3) is 5.94. The fourth-order valence-corrected chi connectivity index (χ4v) is 5.46. The van der Waals surface area contributed by atoms with Gasteiger partial charge >= 0.3 is 6.55 Å². The summed E-state index contributed by atoms with van der Waals surface area (Å²) in [5.41, 5.74) is 8.80. The number of alkyl halides is 2. The van der Waals surface area contributed by atoms with E-state index in [1.54, 1.807) is 42.7 Å². The van der Waals surface area contributed by atoms with Crippen LogP contribution in [0.4, 0.5) is 14.5 Å².